The van der Waals surface area contributed by atoms with E-state index in [0.29, 0.717) is 4.90 Å². The van der Waals surface area contributed by atoms with Crippen molar-refractivity contribution in [3.8, 4) is 0 Å². The number of Topliss-reactive ketones (excluding diaryl/α,β-unsaturated/α-hetero) is 1. The maximum absolute atomic E-state index is 11.3. The molecule has 0 fully saturated rings. The van der Waals surface area contributed by atoms with E-state index in [1.54, 1.807) is 12.1 Å². The second kappa shape index (κ2) is 5.49. The summed E-state index contributed by atoms with van der Waals surface area (Å²) >= 11 is 0.898. The van der Waals surface area contributed by atoms with Gasteiger partial charge in [0.25, 0.3) is 5.69 Å². The fraction of sp³-hybridized carbons (Fsp3) is 0.182. The van der Waals surface area contributed by atoms with Crippen LogP contribution >= 0.6 is 11.8 Å². The molecule has 0 saturated heterocycles. The van der Waals surface area contributed by atoms with Gasteiger partial charge in [0, 0.05) is 6.07 Å². The second-order valence-corrected chi connectivity index (χ2v) is 4.35. The predicted molar refractivity (Wildman–Crippen MR) is 65.0 cm³/mol. The van der Waals surface area contributed by atoms with Gasteiger partial charge in [0.05, 0.1) is 14.7 Å². The molecule has 90 valence electrons. The third-order valence-corrected chi connectivity index (χ3v) is 3.27. The number of carbonyl (C=O) groups is 1. The lowest BCUT2D eigenvalue weighted by atomic mass is 10.3. The number of rotatable bonds is 4. The highest BCUT2D eigenvalue weighted by atomic mass is 32.2. The molecule has 0 unspecified atom stereocenters. The number of thioether (sulfide) groups is 1. The molecule has 0 aromatic heterocycles. The highest BCUT2D eigenvalue weighted by Crippen LogP contribution is 2.35. The van der Waals surface area contributed by atoms with Crippen LogP contribution in [0.2, 0.25) is 0 Å². The number of nitro groups is 1. The largest absolute Gasteiger partial charge is 0.511 e. The lowest BCUT2D eigenvalue weighted by Gasteiger charge is -2.05. The maximum atomic E-state index is 11.3. The molecule has 17 heavy (non-hydrogen) atoms. The molecule has 0 aliphatic rings. The molecular formula is C11H11NO4S. The summed E-state index contributed by atoms with van der Waals surface area (Å²) in [6, 6.07) is 6.08. The number of nitro benzene ring substituents is 1. The Labute approximate surface area is 102 Å². The van der Waals surface area contributed by atoms with Crippen LogP contribution in [0.5, 0.6) is 0 Å². The predicted octanol–water partition coefficient (Wildman–Crippen LogP) is 3.07. The summed E-state index contributed by atoms with van der Waals surface area (Å²) in [7, 11) is 0. The molecule has 0 heterocycles. The fourth-order valence-corrected chi connectivity index (χ4v) is 2.11. The number of ketones is 1. The molecule has 0 aliphatic carbocycles. The van der Waals surface area contributed by atoms with Crippen LogP contribution in [0, 0.1) is 10.1 Å². The zero-order valence-electron chi connectivity index (χ0n) is 9.34. The van der Waals surface area contributed by atoms with Gasteiger partial charge in [0.2, 0.25) is 0 Å². The van der Waals surface area contributed by atoms with Crippen LogP contribution in [0.4, 0.5) is 5.69 Å². The number of allylic oxidation sites excluding steroid dienone is 2. The molecule has 1 rings (SSSR count). The fourth-order valence-electron chi connectivity index (χ4n) is 1.20. The van der Waals surface area contributed by atoms with E-state index in [4.69, 9.17) is 0 Å². The summed E-state index contributed by atoms with van der Waals surface area (Å²) in [5, 5.41) is 20.1. The number of carbonyl (C=O) groups excluding carboxylic acids is 1. The van der Waals surface area contributed by atoms with Gasteiger partial charge in [-0.15, -0.1) is 0 Å². The van der Waals surface area contributed by atoms with Gasteiger partial charge < -0.3 is 5.11 Å². The Balaban J connectivity index is 3.15. The first-order chi connectivity index (χ1) is 7.93. The minimum Gasteiger partial charge on any atom is -0.511 e. The summed E-state index contributed by atoms with van der Waals surface area (Å²) < 4.78 is 0. The number of nitrogens with zero attached hydrogens (tertiary/aromatic N) is 1. The first-order valence-electron chi connectivity index (χ1n) is 4.75. The third kappa shape index (κ3) is 3.32. The Kier molecular flexibility index (Phi) is 4.28. The zero-order chi connectivity index (χ0) is 13.0. The molecule has 0 saturated carbocycles. The van der Waals surface area contributed by atoms with E-state index in [1.165, 1.54) is 26.0 Å². The number of hydrogen-bond acceptors (Lipinski definition) is 5. The highest BCUT2D eigenvalue weighted by Gasteiger charge is 2.18. The Bertz CT molecular complexity index is 492. The minimum absolute atomic E-state index is 0.0856. The highest BCUT2D eigenvalue weighted by molar-refractivity contribution is 8.04. The zero-order valence-corrected chi connectivity index (χ0v) is 10.2. The molecule has 0 radical (unpaired) electrons. The molecule has 0 aliphatic heterocycles. The number of para-hydroxylation sites is 1. The van der Waals surface area contributed by atoms with Gasteiger partial charge in [-0.1, -0.05) is 23.9 Å². The lowest BCUT2D eigenvalue weighted by Crippen LogP contribution is -1.97. The van der Waals surface area contributed by atoms with Gasteiger partial charge in [0.1, 0.15) is 5.76 Å². The van der Waals surface area contributed by atoms with Crippen LogP contribution in [0.25, 0.3) is 0 Å². The topological polar surface area (TPSA) is 80.4 Å². The molecule has 6 heteroatoms. The minimum atomic E-state index is -0.521. The summed E-state index contributed by atoms with van der Waals surface area (Å²) in [4.78, 5) is 22.0. The molecule has 1 aromatic carbocycles. The monoisotopic (exact) mass is 253 g/mol. The van der Waals surface area contributed by atoms with E-state index >= 15 is 0 Å². The Morgan fingerprint density at radius 1 is 1.35 bits per heavy atom. The third-order valence-electron chi connectivity index (χ3n) is 1.92. The second-order valence-electron chi connectivity index (χ2n) is 3.30. The van der Waals surface area contributed by atoms with Crippen molar-refractivity contribution in [2.45, 2.75) is 18.7 Å². The van der Waals surface area contributed by atoms with Crippen molar-refractivity contribution in [2.24, 2.45) is 0 Å². The number of hydrogen-bond donors (Lipinski definition) is 1. The summed E-state index contributed by atoms with van der Waals surface area (Å²) in [5.74, 6) is -0.464. The van der Waals surface area contributed by atoms with Crippen molar-refractivity contribution in [1.82, 2.24) is 0 Å². The van der Waals surface area contributed by atoms with Crippen molar-refractivity contribution in [2.75, 3.05) is 0 Å². The van der Waals surface area contributed by atoms with Gasteiger partial charge >= 0.3 is 0 Å². The van der Waals surface area contributed by atoms with Crippen LogP contribution in [0.3, 0.4) is 0 Å². The molecular weight excluding hydrogens is 242 g/mol. The molecule has 0 spiro atoms. The quantitative estimate of drug-likeness (QED) is 0.293. The summed E-state index contributed by atoms with van der Waals surface area (Å²) in [6.07, 6.45) is 0. The van der Waals surface area contributed by atoms with Gasteiger partial charge in [-0.3, -0.25) is 14.9 Å². The number of benzene rings is 1. The van der Waals surface area contributed by atoms with Crippen LogP contribution in [-0.2, 0) is 4.79 Å². The van der Waals surface area contributed by atoms with Crippen LogP contribution in [-0.4, -0.2) is 15.8 Å². The van der Waals surface area contributed by atoms with Crippen LogP contribution < -0.4 is 0 Å². The molecule has 1 aromatic rings. The standard InChI is InChI=1S/C11H11NO4S/c1-7(13)11(8(2)14)17-10-6-4-3-5-9(10)12(15)16/h3-6,13H,1-2H3/b11-7+. The van der Waals surface area contributed by atoms with Crippen LogP contribution in [0.1, 0.15) is 13.8 Å². The van der Waals surface area contributed by atoms with Gasteiger partial charge in [-0.05, 0) is 19.9 Å². The molecule has 1 N–H and O–H groups in total. The maximum Gasteiger partial charge on any atom is 0.283 e. The van der Waals surface area contributed by atoms with Crippen molar-refractivity contribution in [3.05, 3.63) is 45.0 Å². The smallest absolute Gasteiger partial charge is 0.283 e. The Morgan fingerprint density at radius 2 is 1.94 bits per heavy atom. The Morgan fingerprint density at radius 3 is 2.41 bits per heavy atom. The van der Waals surface area contributed by atoms with Crippen molar-refractivity contribution in [3.63, 3.8) is 0 Å². The molecule has 5 nitrogen and oxygen atoms in total. The normalized spacial score (nSPS) is 11.9. The van der Waals surface area contributed by atoms with E-state index in [2.05, 4.69) is 0 Å². The van der Waals surface area contributed by atoms with Gasteiger partial charge in [0.15, 0.2) is 5.78 Å². The van der Waals surface area contributed by atoms with E-state index in [0.717, 1.165) is 11.8 Å². The van der Waals surface area contributed by atoms with E-state index in [1.807, 2.05) is 0 Å². The van der Waals surface area contributed by atoms with E-state index in [9.17, 15) is 20.0 Å². The van der Waals surface area contributed by atoms with Crippen LogP contribution in [0.15, 0.2) is 39.8 Å². The first-order valence-corrected chi connectivity index (χ1v) is 5.57. The average molecular weight is 253 g/mol. The lowest BCUT2D eigenvalue weighted by molar-refractivity contribution is -0.387. The first kappa shape index (κ1) is 13.2. The number of aliphatic hydroxyl groups excluding tert-OH is 1. The molecule has 0 bridgehead atoms. The van der Waals surface area contributed by atoms with Gasteiger partial charge in [-0.25, -0.2) is 0 Å². The number of aliphatic hydroxyl groups is 1. The van der Waals surface area contributed by atoms with Crippen molar-refractivity contribution in [1.29, 1.82) is 0 Å². The average Bonchev–Trinajstić information content (AvgIpc) is 2.25. The van der Waals surface area contributed by atoms with Crippen molar-refractivity contribution < 1.29 is 14.8 Å². The molecule has 0 amide bonds. The van der Waals surface area contributed by atoms with Gasteiger partial charge in [-0.2, -0.15) is 0 Å². The SMILES string of the molecule is CC(=O)/C(Sc1ccccc1[N+](=O)[O-])=C(/C)O. The summed E-state index contributed by atoms with van der Waals surface area (Å²) in [6.45, 7) is 2.68. The Hall–Kier alpha value is -1.82. The molecule has 0 atom stereocenters. The van der Waals surface area contributed by atoms with E-state index < -0.39 is 4.92 Å². The summed E-state index contributed by atoms with van der Waals surface area (Å²) in [5.41, 5.74) is -0.0856. The van der Waals surface area contributed by atoms with E-state index in [-0.39, 0.29) is 22.1 Å². The van der Waals surface area contributed by atoms with Crippen molar-refractivity contribution >= 4 is 23.2 Å².